The summed E-state index contributed by atoms with van der Waals surface area (Å²) in [6, 6.07) is 17.3. The number of rotatable bonds is 14. The van der Waals surface area contributed by atoms with Crippen LogP contribution in [0.5, 0.6) is 23.0 Å². The predicted octanol–water partition coefficient (Wildman–Crippen LogP) is 7.68. The third kappa shape index (κ3) is 9.78. The van der Waals surface area contributed by atoms with E-state index in [1.54, 1.807) is 49.6 Å². The molecule has 0 radical (unpaired) electrons. The number of benzene rings is 4. The first kappa shape index (κ1) is 44.5. The Bertz CT molecular complexity index is 2700. The zero-order chi connectivity index (χ0) is 43.4. The van der Waals surface area contributed by atoms with Gasteiger partial charge in [-0.1, -0.05) is 55.2 Å². The van der Waals surface area contributed by atoms with Crippen molar-refractivity contribution in [2.75, 3.05) is 37.9 Å². The molecule has 0 atom stereocenters. The lowest BCUT2D eigenvalue weighted by Crippen LogP contribution is -2.15. The number of halogens is 1. The second-order valence-electron chi connectivity index (χ2n) is 14.0. The Morgan fingerprint density at radius 3 is 1.53 bits per heavy atom. The number of hydrogen-bond acceptors (Lipinski definition) is 14. The average molecular weight is 930 g/mol. The second kappa shape index (κ2) is 18.7. The summed E-state index contributed by atoms with van der Waals surface area (Å²) >= 11 is 3.37. The molecule has 2 aliphatic rings. The number of ether oxygens (including phenoxy) is 4. The summed E-state index contributed by atoms with van der Waals surface area (Å²) in [7, 11) is -3.02. The molecule has 2 fully saturated rings. The number of aryl methyl sites for hydroxylation is 2. The topological polar surface area (TPSA) is 222 Å². The van der Waals surface area contributed by atoms with Gasteiger partial charge in [-0.2, -0.15) is 0 Å². The van der Waals surface area contributed by atoms with Crippen LogP contribution in [0.1, 0.15) is 62.1 Å². The van der Waals surface area contributed by atoms with E-state index in [1.165, 1.54) is 21.3 Å². The van der Waals surface area contributed by atoms with Crippen molar-refractivity contribution in [3.8, 4) is 23.0 Å². The van der Waals surface area contributed by atoms with E-state index in [1.807, 2.05) is 32.0 Å². The molecule has 0 amide bonds. The highest BCUT2D eigenvalue weighted by Gasteiger charge is 2.33. The molecule has 0 unspecified atom stereocenters. The fourth-order valence-corrected chi connectivity index (χ4v) is 9.28. The van der Waals surface area contributed by atoms with Crippen molar-refractivity contribution in [2.24, 2.45) is 0 Å². The Kier molecular flexibility index (Phi) is 13.9. The second-order valence-corrected chi connectivity index (χ2v) is 18.1. The third-order valence-corrected chi connectivity index (χ3v) is 13.3. The van der Waals surface area contributed by atoms with Crippen molar-refractivity contribution in [1.82, 2.24) is 10.3 Å². The molecular weight excluding hydrogens is 883 g/mol. The van der Waals surface area contributed by atoms with Crippen LogP contribution in [-0.4, -0.2) is 72.8 Å². The van der Waals surface area contributed by atoms with Crippen LogP contribution < -0.4 is 28.4 Å². The molecule has 0 saturated heterocycles. The SMILES string of the molecule is CCc1ccc(OC)c(S(=O)(=O)Nc2noc3ccc(Br)c(OC)c23)c1.CCc1ccc(OC)c(S(=O)(=O)Nc2noc3ccc(C4CC4)c(OC)c23)c1.OB(O)C1CC1. The van der Waals surface area contributed by atoms with Crippen LogP contribution in [0.25, 0.3) is 21.9 Å². The van der Waals surface area contributed by atoms with Gasteiger partial charge in [0.25, 0.3) is 20.0 Å². The van der Waals surface area contributed by atoms with Gasteiger partial charge in [0, 0.05) is 0 Å². The van der Waals surface area contributed by atoms with Crippen LogP contribution in [0.2, 0.25) is 5.82 Å². The van der Waals surface area contributed by atoms with Gasteiger partial charge in [0.15, 0.2) is 22.8 Å². The zero-order valence-corrected chi connectivity index (χ0v) is 37.0. The maximum Gasteiger partial charge on any atom is 0.454 e. The standard InChI is InChI=1S/C20H22N2O5S.C17H17BrN2O5S.C3H7BO2/c1-4-12-5-9-15(25-2)17(11-12)28(23,24)22-20-18-16(27-21-20)10-8-14(13-6-7-13)19(18)26-3;1-4-10-5-7-12(23-2)14(9-10)26(21,22)20-17-15-13(25-19-17)8-6-11(18)16(15)24-3;5-4(6)3-1-2-3/h5,8-11,13H,4,6-7H2,1-3H3,(H,21,22);5-9H,4H2,1-3H3,(H,19,20);3,5-6H,1-2H2. The first-order valence-corrected chi connectivity index (χ1v) is 22.8. The summed E-state index contributed by atoms with van der Waals surface area (Å²) in [5, 5.41) is 25.2. The largest absolute Gasteiger partial charge is 0.496 e. The molecule has 2 aliphatic carbocycles. The Morgan fingerprint density at radius 1 is 0.683 bits per heavy atom. The predicted molar refractivity (Wildman–Crippen MR) is 230 cm³/mol. The molecule has 6 aromatic rings. The van der Waals surface area contributed by atoms with Crippen molar-refractivity contribution in [1.29, 1.82) is 0 Å². The molecule has 0 bridgehead atoms. The molecule has 16 nitrogen and oxygen atoms in total. The molecule has 0 aliphatic heterocycles. The number of aromatic nitrogens is 2. The van der Waals surface area contributed by atoms with Crippen molar-refractivity contribution in [3.63, 3.8) is 0 Å². The molecule has 2 saturated carbocycles. The van der Waals surface area contributed by atoms with E-state index >= 15 is 0 Å². The Hall–Kier alpha value is -5.02. The van der Waals surface area contributed by atoms with Gasteiger partial charge in [-0.3, -0.25) is 9.44 Å². The molecule has 60 heavy (non-hydrogen) atoms. The minimum Gasteiger partial charge on any atom is -0.496 e. The maximum absolute atomic E-state index is 13.1. The summed E-state index contributed by atoms with van der Waals surface area (Å²) in [6.07, 6.45) is 5.58. The lowest BCUT2D eigenvalue weighted by Gasteiger charge is -2.13. The minimum atomic E-state index is -3.96. The number of nitrogens with one attached hydrogen (secondary N) is 2. The Labute approximate surface area is 356 Å². The Balaban J connectivity index is 0.000000177. The highest BCUT2D eigenvalue weighted by molar-refractivity contribution is 9.10. The van der Waals surface area contributed by atoms with Crippen molar-refractivity contribution < 1.29 is 54.9 Å². The van der Waals surface area contributed by atoms with Gasteiger partial charge in [0.1, 0.15) is 43.6 Å². The smallest absolute Gasteiger partial charge is 0.454 e. The normalized spacial score (nSPS) is 13.8. The molecule has 0 spiro atoms. The van der Waals surface area contributed by atoms with Crippen LogP contribution in [0, 0.1) is 0 Å². The summed E-state index contributed by atoms with van der Waals surface area (Å²) < 4.78 is 89.8. The number of methoxy groups -OCH3 is 4. The fraction of sp³-hybridized carbons (Fsp3) is 0.350. The highest BCUT2D eigenvalue weighted by Crippen LogP contribution is 2.48. The van der Waals surface area contributed by atoms with E-state index in [-0.39, 0.29) is 38.7 Å². The van der Waals surface area contributed by atoms with Gasteiger partial charge >= 0.3 is 7.12 Å². The van der Waals surface area contributed by atoms with Crippen LogP contribution >= 0.6 is 15.9 Å². The quantitative estimate of drug-likeness (QED) is 0.0770. The van der Waals surface area contributed by atoms with Gasteiger partial charge in [0.2, 0.25) is 0 Å². The lowest BCUT2D eigenvalue weighted by molar-refractivity contribution is 0.402. The number of nitrogens with zero attached hydrogens (tertiary/aromatic N) is 2. The van der Waals surface area contributed by atoms with Crippen LogP contribution in [0.4, 0.5) is 11.6 Å². The average Bonchev–Trinajstić information content (AvgIpc) is 4.19. The van der Waals surface area contributed by atoms with E-state index in [0.717, 1.165) is 42.4 Å². The van der Waals surface area contributed by atoms with E-state index in [9.17, 15) is 16.8 Å². The van der Waals surface area contributed by atoms with Crippen molar-refractivity contribution in [2.45, 2.75) is 73.9 Å². The summed E-state index contributed by atoms with van der Waals surface area (Å²) in [6.45, 7) is 3.90. The fourth-order valence-electron chi connectivity index (χ4n) is 6.34. The molecule has 4 aromatic carbocycles. The summed E-state index contributed by atoms with van der Waals surface area (Å²) in [5.41, 5.74) is 3.67. The first-order chi connectivity index (χ1) is 28.7. The molecular formula is C40H46BBrN4O12S2. The minimum absolute atomic E-state index is 0.0319. The van der Waals surface area contributed by atoms with E-state index in [2.05, 4.69) is 35.7 Å². The van der Waals surface area contributed by atoms with Crippen LogP contribution in [-0.2, 0) is 32.9 Å². The van der Waals surface area contributed by atoms with Gasteiger partial charge in [-0.25, -0.2) is 16.8 Å². The molecule has 8 rings (SSSR count). The van der Waals surface area contributed by atoms with Gasteiger partial charge in [-0.05, 0) is 113 Å². The number of hydrogen-bond donors (Lipinski definition) is 4. The van der Waals surface area contributed by atoms with E-state index < -0.39 is 27.2 Å². The molecule has 4 N–H and O–H groups in total. The summed E-state index contributed by atoms with van der Waals surface area (Å²) in [4.78, 5) is 0.0901. The highest BCUT2D eigenvalue weighted by atomic mass is 79.9. The summed E-state index contributed by atoms with van der Waals surface area (Å²) in [5.74, 6) is 2.34. The van der Waals surface area contributed by atoms with Gasteiger partial charge < -0.3 is 38.0 Å². The van der Waals surface area contributed by atoms with Crippen LogP contribution in [0.3, 0.4) is 0 Å². The van der Waals surface area contributed by atoms with Gasteiger partial charge in [0.05, 0.1) is 32.9 Å². The molecule has 20 heteroatoms. The lowest BCUT2D eigenvalue weighted by atomic mass is 9.84. The first-order valence-electron chi connectivity index (χ1n) is 19.0. The number of anilines is 2. The van der Waals surface area contributed by atoms with E-state index in [4.69, 9.17) is 38.0 Å². The number of fused-ring (bicyclic) bond motifs is 2. The van der Waals surface area contributed by atoms with Crippen molar-refractivity contribution in [3.05, 3.63) is 81.8 Å². The maximum atomic E-state index is 13.1. The Morgan fingerprint density at radius 2 is 1.15 bits per heavy atom. The number of sulfonamides is 2. The van der Waals surface area contributed by atoms with E-state index in [0.29, 0.717) is 56.7 Å². The monoisotopic (exact) mass is 928 g/mol. The zero-order valence-electron chi connectivity index (χ0n) is 33.8. The molecule has 2 aromatic heterocycles. The van der Waals surface area contributed by atoms with Crippen molar-refractivity contribution >= 4 is 76.7 Å². The molecule has 320 valence electrons. The molecule has 2 heterocycles. The van der Waals surface area contributed by atoms with Crippen LogP contribution in [0.15, 0.2) is 84.0 Å². The third-order valence-electron chi connectivity index (χ3n) is 9.95. The van der Waals surface area contributed by atoms with Gasteiger partial charge in [-0.15, -0.1) is 0 Å².